The smallest absolute Gasteiger partial charge is 0.229 e. The number of nitrogens with zero attached hydrogens (tertiary/aromatic N) is 2. The molecule has 0 spiro atoms. The lowest BCUT2D eigenvalue weighted by Crippen LogP contribution is -2.39. The predicted molar refractivity (Wildman–Crippen MR) is 124 cm³/mol. The highest BCUT2D eigenvalue weighted by atomic mass is 16.2. The van der Waals surface area contributed by atoms with Gasteiger partial charge in [-0.15, -0.1) is 0 Å². The first kappa shape index (κ1) is 29.2. The maximum Gasteiger partial charge on any atom is 0.229 e. The van der Waals surface area contributed by atoms with E-state index in [0.717, 1.165) is 13.1 Å². The van der Waals surface area contributed by atoms with E-state index in [1.54, 1.807) is 0 Å². The molecule has 31 heavy (non-hydrogen) atoms. The van der Waals surface area contributed by atoms with Crippen LogP contribution in [0.5, 0.6) is 0 Å². The summed E-state index contributed by atoms with van der Waals surface area (Å²) in [5.74, 6) is -0.208. The molecule has 0 aromatic heterocycles. The van der Waals surface area contributed by atoms with Gasteiger partial charge in [-0.1, -0.05) is 27.7 Å². The van der Waals surface area contributed by atoms with Gasteiger partial charge in [0.25, 0.3) is 0 Å². The first-order valence-electron chi connectivity index (χ1n) is 11.7. The number of carbonyl (C=O) groups excluding carboxylic acids is 4. The standard InChI is InChI=1S/C23H44N4O4/c1-7-20(28)18(26(5)9-3)13-11-15-24-22(30)17-23(31)25-16-12-14-19(21(29)8-2)27(6)10-4/h18-19H,7-17H2,1-6H3,(H,24,30)(H,25,31)/t18-,19-/m0/s1. The van der Waals surface area contributed by atoms with Gasteiger partial charge < -0.3 is 10.6 Å². The summed E-state index contributed by atoms with van der Waals surface area (Å²) in [5.41, 5.74) is 0. The fourth-order valence-corrected chi connectivity index (χ4v) is 3.48. The van der Waals surface area contributed by atoms with E-state index in [4.69, 9.17) is 0 Å². The minimum atomic E-state index is -0.315. The van der Waals surface area contributed by atoms with Gasteiger partial charge in [0.05, 0.1) is 12.1 Å². The van der Waals surface area contributed by atoms with Gasteiger partial charge in [0.2, 0.25) is 11.8 Å². The van der Waals surface area contributed by atoms with Crippen molar-refractivity contribution in [2.45, 2.75) is 84.7 Å². The summed E-state index contributed by atoms with van der Waals surface area (Å²) in [7, 11) is 3.86. The number of Topliss-reactive ketones (excluding diaryl/α,β-unsaturated/α-hetero) is 2. The quantitative estimate of drug-likeness (QED) is 0.249. The summed E-state index contributed by atoms with van der Waals surface area (Å²) in [5, 5.41) is 5.51. The molecule has 0 aromatic carbocycles. The summed E-state index contributed by atoms with van der Waals surface area (Å²) < 4.78 is 0. The fraction of sp³-hybridized carbons (Fsp3) is 0.826. The third-order valence-corrected chi connectivity index (χ3v) is 5.78. The summed E-state index contributed by atoms with van der Waals surface area (Å²) in [6.45, 7) is 10.2. The average molecular weight is 441 g/mol. The van der Waals surface area contributed by atoms with Crippen LogP contribution < -0.4 is 10.6 Å². The molecule has 0 aliphatic heterocycles. The van der Waals surface area contributed by atoms with Gasteiger partial charge in [0, 0.05) is 25.9 Å². The second kappa shape index (κ2) is 16.8. The molecule has 0 bridgehead atoms. The van der Waals surface area contributed by atoms with Crippen LogP contribution in [0.3, 0.4) is 0 Å². The summed E-state index contributed by atoms with van der Waals surface area (Å²) >= 11 is 0. The Hall–Kier alpha value is -1.80. The first-order valence-corrected chi connectivity index (χ1v) is 11.7. The Morgan fingerprint density at radius 1 is 0.677 bits per heavy atom. The van der Waals surface area contributed by atoms with E-state index in [1.165, 1.54) is 0 Å². The minimum Gasteiger partial charge on any atom is -0.356 e. The molecule has 0 aliphatic rings. The van der Waals surface area contributed by atoms with Gasteiger partial charge in [0.15, 0.2) is 0 Å². The van der Waals surface area contributed by atoms with Crippen molar-refractivity contribution < 1.29 is 19.2 Å². The molecule has 2 atom stereocenters. The molecular weight excluding hydrogens is 396 g/mol. The molecule has 8 heteroatoms. The van der Waals surface area contributed by atoms with Gasteiger partial charge in [-0.3, -0.25) is 29.0 Å². The van der Waals surface area contributed by atoms with Crippen LogP contribution in [0.1, 0.15) is 72.6 Å². The summed E-state index contributed by atoms with van der Waals surface area (Å²) in [6.07, 6.45) is 3.55. The van der Waals surface area contributed by atoms with Gasteiger partial charge in [0.1, 0.15) is 18.0 Å². The van der Waals surface area contributed by atoms with Gasteiger partial charge in [-0.05, 0) is 52.9 Å². The zero-order valence-corrected chi connectivity index (χ0v) is 20.5. The third-order valence-electron chi connectivity index (χ3n) is 5.78. The molecule has 0 unspecified atom stereocenters. The van der Waals surface area contributed by atoms with Crippen molar-refractivity contribution in [2.24, 2.45) is 0 Å². The van der Waals surface area contributed by atoms with E-state index >= 15 is 0 Å². The van der Waals surface area contributed by atoms with Crippen LogP contribution in [-0.2, 0) is 19.2 Å². The SMILES string of the molecule is CCC(=O)[C@H](CCCNC(=O)CC(=O)NCCC[C@@H](C(=O)CC)N(C)CC)N(C)CC. The fourth-order valence-electron chi connectivity index (χ4n) is 3.48. The zero-order valence-electron chi connectivity index (χ0n) is 20.5. The molecular formula is C23H44N4O4. The topological polar surface area (TPSA) is 98.8 Å². The molecule has 0 aromatic rings. The van der Waals surface area contributed by atoms with Crippen molar-refractivity contribution in [2.75, 3.05) is 40.3 Å². The van der Waals surface area contributed by atoms with Gasteiger partial charge in [-0.2, -0.15) is 0 Å². The number of rotatable bonds is 18. The van der Waals surface area contributed by atoms with Crippen molar-refractivity contribution in [1.82, 2.24) is 20.4 Å². The van der Waals surface area contributed by atoms with Crippen LogP contribution in [0.2, 0.25) is 0 Å². The monoisotopic (exact) mass is 440 g/mol. The number of ketones is 2. The Bertz CT molecular complexity index is 520. The highest BCUT2D eigenvalue weighted by molar-refractivity contribution is 5.96. The van der Waals surface area contributed by atoms with Crippen LogP contribution in [0.15, 0.2) is 0 Å². The molecule has 2 N–H and O–H groups in total. The van der Waals surface area contributed by atoms with Crippen LogP contribution in [0, 0.1) is 0 Å². The second-order valence-corrected chi connectivity index (χ2v) is 7.98. The second-order valence-electron chi connectivity index (χ2n) is 7.98. The molecule has 0 fully saturated rings. The van der Waals surface area contributed by atoms with E-state index in [9.17, 15) is 19.2 Å². The summed E-state index contributed by atoms with van der Waals surface area (Å²) in [4.78, 5) is 52.1. The van der Waals surface area contributed by atoms with Crippen LogP contribution in [-0.4, -0.2) is 85.5 Å². The molecule has 8 nitrogen and oxygen atoms in total. The normalized spacial score (nSPS) is 13.2. The highest BCUT2D eigenvalue weighted by Crippen LogP contribution is 2.09. The molecule has 0 saturated carbocycles. The number of hydrogen-bond acceptors (Lipinski definition) is 6. The number of carbonyl (C=O) groups is 4. The lowest BCUT2D eigenvalue weighted by atomic mass is 10.0. The summed E-state index contributed by atoms with van der Waals surface area (Å²) in [6, 6.07) is -0.240. The van der Waals surface area contributed by atoms with Crippen molar-refractivity contribution >= 4 is 23.4 Å². The van der Waals surface area contributed by atoms with Crippen LogP contribution in [0.4, 0.5) is 0 Å². The molecule has 0 radical (unpaired) electrons. The molecule has 0 rings (SSSR count). The van der Waals surface area contributed by atoms with E-state index < -0.39 is 0 Å². The number of likely N-dealkylation sites (N-methyl/N-ethyl adjacent to an activating group) is 2. The molecule has 0 saturated heterocycles. The number of amides is 2. The van der Waals surface area contributed by atoms with E-state index in [-0.39, 0.29) is 41.9 Å². The molecule has 0 heterocycles. The maximum atomic E-state index is 12.1. The third kappa shape index (κ3) is 12.0. The van der Waals surface area contributed by atoms with Crippen LogP contribution in [0.25, 0.3) is 0 Å². The Balaban J connectivity index is 4.15. The minimum absolute atomic E-state index is 0.120. The predicted octanol–water partition coefficient (Wildman–Crippen LogP) is 1.77. The largest absolute Gasteiger partial charge is 0.356 e. The van der Waals surface area contributed by atoms with Crippen molar-refractivity contribution in [3.63, 3.8) is 0 Å². The molecule has 180 valence electrons. The zero-order chi connectivity index (χ0) is 23.8. The van der Waals surface area contributed by atoms with Gasteiger partial charge in [-0.25, -0.2) is 0 Å². The van der Waals surface area contributed by atoms with Crippen LogP contribution >= 0.6 is 0 Å². The van der Waals surface area contributed by atoms with Crippen molar-refractivity contribution in [3.8, 4) is 0 Å². The maximum absolute atomic E-state index is 12.1. The van der Waals surface area contributed by atoms with E-state index in [1.807, 2.05) is 51.6 Å². The van der Waals surface area contributed by atoms with Crippen molar-refractivity contribution in [1.29, 1.82) is 0 Å². The number of nitrogens with one attached hydrogen (secondary N) is 2. The van der Waals surface area contributed by atoms with Crippen molar-refractivity contribution in [3.05, 3.63) is 0 Å². The lowest BCUT2D eigenvalue weighted by molar-refractivity contribution is -0.129. The first-order chi connectivity index (χ1) is 14.7. The average Bonchev–Trinajstić information content (AvgIpc) is 2.76. The number of hydrogen-bond donors (Lipinski definition) is 2. The Morgan fingerprint density at radius 2 is 1.03 bits per heavy atom. The van der Waals surface area contributed by atoms with Gasteiger partial charge >= 0.3 is 0 Å². The molecule has 2 amide bonds. The molecule has 0 aliphatic carbocycles. The Labute approximate surface area is 188 Å². The Morgan fingerprint density at radius 3 is 1.32 bits per heavy atom. The van der Waals surface area contributed by atoms with E-state index in [0.29, 0.717) is 51.6 Å². The van der Waals surface area contributed by atoms with E-state index in [2.05, 4.69) is 10.6 Å². The highest BCUT2D eigenvalue weighted by Gasteiger charge is 2.21. The lowest BCUT2D eigenvalue weighted by Gasteiger charge is -2.25. The Kier molecular flexibility index (Phi) is 15.9.